The zero-order valence-electron chi connectivity index (χ0n) is 10.5. The van der Waals surface area contributed by atoms with Crippen molar-refractivity contribution in [2.45, 2.75) is 38.6 Å². The van der Waals surface area contributed by atoms with Crippen LogP contribution < -0.4 is 5.32 Å². The number of nitrogens with zero attached hydrogens (tertiary/aromatic N) is 2. The molecule has 1 heterocycles. The molecule has 1 N–H and O–H groups in total. The summed E-state index contributed by atoms with van der Waals surface area (Å²) in [7, 11) is 0. The van der Waals surface area contributed by atoms with E-state index in [-0.39, 0.29) is 0 Å². The van der Waals surface area contributed by atoms with Gasteiger partial charge in [0.05, 0.1) is 0 Å². The van der Waals surface area contributed by atoms with Gasteiger partial charge in [0.2, 0.25) is 12.3 Å². The first-order chi connectivity index (χ1) is 8.83. The standard InChI is InChI=1S/C14H17N3O/c1-10-8-11(14-17-15-9-18-14)6-7-13(10)16-12-4-2-3-5-12/h6-9,12,16H,2-5H2,1H3. The third kappa shape index (κ3) is 2.23. The molecule has 4 heteroatoms. The van der Waals surface area contributed by atoms with Gasteiger partial charge in [-0.15, -0.1) is 10.2 Å². The predicted octanol–water partition coefficient (Wildman–Crippen LogP) is 3.40. The van der Waals surface area contributed by atoms with Gasteiger partial charge in [0.25, 0.3) is 0 Å². The number of aromatic nitrogens is 2. The first kappa shape index (κ1) is 11.3. The molecule has 0 radical (unpaired) electrons. The Labute approximate surface area is 106 Å². The molecule has 1 fully saturated rings. The SMILES string of the molecule is Cc1cc(-c2nnco2)ccc1NC1CCCC1. The van der Waals surface area contributed by atoms with Crippen LogP contribution in [-0.2, 0) is 0 Å². The van der Waals surface area contributed by atoms with Crippen LogP contribution in [0.2, 0.25) is 0 Å². The van der Waals surface area contributed by atoms with Crippen LogP contribution in [0.25, 0.3) is 11.5 Å². The third-order valence-electron chi connectivity index (χ3n) is 3.55. The van der Waals surface area contributed by atoms with E-state index in [1.807, 2.05) is 6.07 Å². The number of rotatable bonds is 3. The van der Waals surface area contributed by atoms with Crippen LogP contribution in [0.1, 0.15) is 31.2 Å². The molecule has 0 spiro atoms. The second-order valence-electron chi connectivity index (χ2n) is 4.90. The number of aryl methyl sites for hydroxylation is 1. The minimum Gasteiger partial charge on any atom is -0.423 e. The molecule has 1 aliphatic rings. The maximum atomic E-state index is 5.21. The van der Waals surface area contributed by atoms with E-state index in [4.69, 9.17) is 4.42 Å². The van der Waals surface area contributed by atoms with Crippen LogP contribution >= 0.6 is 0 Å². The molecular formula is C14H17N3O. The fourth-order valence-corrected chi connectivity index (χ4v) is 2.55. The Morgan fingerprint density at radius 2 is 2.11 bits per heavy atom. The second kappa shape index (κ2) is 4.80. The van der Waals surface area contributed by atoms with Gasteiger partial charge in [-0.3, -0.25) is 0 Å². The van der Waals surface area contributed by atoms with E-state index in [1.165, 1.54) is 43.3 Å². The average molecular weight is 243 g/mol. The topological polar surface area (TPSA) is 51.0 Å². The van der Waals surface area contributed by atoms with Crippen molar-refractivity contribution in [1.29, 1.82) is 0 Å². The maximum absolute atomic E-state index is 5.21. The van der Waals surface area contributed by atoms with Crippen molar-refractivity contribution in [2.75, 3.05) is 5.32 Å². The van der Waals surface area contributed by atoms with E-state index in [1.54, 1.807) is 0 Å². The average Bonchev–Trinajstić information content (AvgIpc) is 3.04. The van der Waals surface area contributed by atoms with E-state index in [0.29, 0.717) is 11.9 Å². The summed E-state index contributed by atoms with van der Waals surface area (Å²) in [6.45, 7) is 2.11. The molecule has 0 atom stereocenters. The maximum Gasteiger partial charge on any atom is 0.247 e. The largest absolute Gasteiger partial charge is 0.423 e. The molecule has 1 aromatic heterocycles. The lowest BCUT2D eigenvalue weighted by molar-refractivity contribution is 0.568. The number of benzene rings is 1. The molecule has 1 saturated carbocycles. The molecule has 94 valence electrons. The van der Waals surface area contributed by atoms with Gasteiger partial charge in [-0.1, -0.05) is 12.8 Å². The number of nitrogens with one attached hydrogen (secondary N) is 1. The van der Waals surface area contributed by atoms with Gasteiger partial charge in [-0.2, -0.15) is 0 Å². The highest BCUT2D eigenvalue weighted by atomic mass is 16.4. The predicted molar refractivity (Wildman–Crippen MR) is 70.3 cm³/mol. The molecule has 0 bridgehead atoms. The van der Waals surface area contributed by atoms with Gasteiger partial charge in [0.15, 0.2) is 0 Å². The lowest BCUT2D eigenvalue weighted by Crippen LogP contribution is -2.15. The van der Waals surface area contributed by atoms with Crippen molar-refractivity contribution in [3.05, 3.63) is 30.2 Å². The quantitative estimate of drug-likeness (QED) is 0.897. The van der Waals surface area contributed by atoms with Crippen molar-refractivity contribution < 1.29 is 4.42 Å². The highest BCUT2D eigenvalue weighted by molar-refractivity contribution is 5.62. The summed E-state index contributed by atoms with van der Waals surface area (Å²) in [6, 6.07) is 6.86. The normalized spacial score (nSPS) is 16.1. The summed E-state index contributed by atoms with van der Waals surface area (Å²) in [5.41, 5.74) is 3.41. The molecular weight excluding hydrogens is 226 g/mol. The molecule has 0 amide bonds. The molecule has 0 aliphatic heterocycles. The number of anilines is 1. The van der Waals surface area contributed by atoms with E-state index < -0.39 is 0 Å². The Morgan fingerprint density at radius 3 is 2.78 bits per heavy atom. The van der Waals surface area contributed by atoms with Crippen LogP contribution in [0.4, 0.5) is 5.69 Å². The zero-order chi connectivity index (χ0) is 12.4. The Hall–Kier alpha value is -1.84. The molecule has 0 unspecified atom stereocenters. The first-order valence-electron chi connectivity index (χ1n) is 6.46. The first-order valence-corrected chi connectivity index (χ1v) is 6.46. The van der Waals surface area contributed by atoms with E-state index in [2.05, 4.69) is 34.6 Å². The lowest BCUT2D eigenvalue weighted by Gasteiger charge is -2.16. The fourth-order valence-electron chi connectivity index (χ4n) is 2.55. The summed E-state index contributed by atoms with van der Waals surface area (Å²) in [5, 5.41) is 11.2. The zero-order valence-corrected chi connectivity index (χ0v) is 10.5. The highest BCUT2D eigenvalue weighted by Gasteiger charge is 2.15. The van der Waals surface area contributed by atoms with Gasteiger partial charge in [-0.05, 0) is 43.5 Å². The van der Waals surface area contributed by atoms with Crippen LogP contribution in [-0.4, -0.2) is 16.2 Å². The Morgan fingerprint density at radius 1 is 1.28 bits per heavy atom. The minimum absolute atomic E-state index is 0.575. The van der Waals surface area contributed by atoms with E-state index >= 15 is 0 Å². The Bertz CT molecular complexity index is 516. The van der Waals surface area contributed by atoms with Crippen molar-refractivity contribution in [2.24, 2.45) is 0 Å². The van der Waals surface area contributed by atoms with E-state index in [9.17, 15) is 0 Å². The monoisotopic (exact) mass is 243 g/mol. The fraction of sp³-hybridized carbons (Fsp3) is 0.429. The molecule has 4 nitrogen and oxygen atoms in total. The molecule has 18 heavy (non-hydrogen) atoms. The minimum atomic E-state index is 0.575. The summed E-state index contributed by atoms with van der Waals surface area (Å²) in [6.07, 6.45) is 6.61. The van der Waals surface area contributed by atoms with Gasteiger partial charge in [0, 0.05) is 17.3 Å². The lowest BCUT2D eigenvalue weighted by atomic mass is 10.1. The smallest absolute Gasteiger partial charge is 0.247 e. The van der Waals surface area contributed by atoms with Crippen molar-refractivity contribution >= 4 is 5.69 Å². The van der Waals surface area contributed by atoms with Crippen LogP contribution in [0.15, 0.2) is 29.0 Å². The molecule has 1 aliphatic carbocycles. The number of hydrogen-bond acceptors (Lipinski definition) is 4. The summed E-state index contributed by atoms with van der Waals surface area (Å²) < 4.78 is 5.21. The molecule has 0 saturated heterocycles. The van der Waals surface area contributed by atoms with Crippen LogP contribution in [0.5, 0.6) is 0 Å². The van der Waals surface area contributed by atoms with Crippen molar-refractivity contribution in [3.63, 3.8) is 0 Å². The van der Waals surface area contributed by atoms with Gasteiger partial charge >= 0.3 is 0 Å². The van der Waals surface area contributed by atoms with Crippen LogP contribution in [0, 0.1) is 6.92 Å². The summed E-state index contributed by atoms with van der Waals surface area (Å²) in [4.78, 5) is 0. The third-order valence-corrected chi connectivity index (χ3v) is 3.55. The Kier molecular flexibility index (Phi) is 3.00. The molecule has 3 rings (SSSR count). The summed E-state index contributed by atoms with van der Waals surface area (Å²) in [5.74, 6) is 0.575. The molecule has 1 aromatic carbocycles. The van der Waals surface area contributed by atoms with Gasteiger partial charge in [0.1, 0.15) is 0 Å². The second-order valence-corrected chi connectivity index (χ2v) is 4.90. The summed E-state index contributed by atoms with van der Waals surface area (Å²) >= 11 is 0. The number of hydrogen-bond donors (Lipinski definition) is 1. The Balaban J connectivity index is 1.80. The van der Waals surface area contributed by atoms with Crippen molar-refractivity contribution in [1.82, 2.24) is 10.2 Å². The van der Waals surface area contributed by atoms with Gasteiger partial charge in [-0.25, -0.2) is 0 Å². The van der Waals surface area contributed by atoms with E-state index in [0.717, 1.165) is 5.56 Å². The van der Waals surface area contributed by atoms with Gasteiger partial charge < -0.3 is 9.73 Å². The van der Waals surface area contributed by atoms with Crippen LogP contribution in [0.3, 0.4) is 0 Å². The van der Waals surface area contributed by atoms with Crippen molar-refractivity contribution in [3.8, 4) is 11.5 Å². The highest BCUT2D eigenvalue weighted by Crippen LogP contribution is 2.27. The molecule has 2 aromatic rings.